The molecule has 1 aliphatic heterocycles. The number of amides is 1. The maximum atomic E-state index is 12.9. The summed E-state index contributed by atoms with van der Waals surface area (Å²) in [6, 6.07) is 14.0. The van der Waals surface area contributed by atoms with Gasteiger partial charge in [-0.1, -0.05) is 49.3 Å². The van der Waals surface area contributed by atoms with Crippen LogP contribution in [0, 0.1) is 0 Å². The van der Waals surface area contributed by atoms with Crippen molar-refractivity contribution < 1.29 is 22.8 Å². The quantitative estimate of drug-likeness (QED) is 0.636. The van der Waals surface area contributed by atoms with Crippen molar-refractivity contribution in [3.8, 4) is 5.75 Å². The molecule has 1 N–H and O–H groups in total. The third-order valence-electron chi connectivity index (χ3n) is 4.94. The highest BCUT2D eigenvalue weighted by Gasteiger charge is 2.29. The van der Waals surface area contributed by atoms with Crippen LogP contribution < -0.4 is 10.1 Å². The lowest BCUT2D eigenvalue weighted by molar-refractivity contribution is -0.110. The second-order valence-corrected chi connectivity index (χ2v) is 8.82. The lowest BCUT2D eigenvalue weighted by Crippen LogP contribution is -2.30. The van der Waals surface area contributed by atoms with Crippen LogP contribution in [0.2, 0.25) is 0 Å². The Morgan fingerprint density at radius 3 is 2.52 bits per heavy atom. The monoisotopic (exact) mass is 445 g/mol. The minimum Gasteiger partial charge on any atom is -0.492 e. The van der Waals surface area contributed by atoms with Gasteiger partial charge in [-0.15, -0.1) is 0 Å². The SMILES string of the molecule is CCOc1ccc(S(=O)(=O)N(CC)CC)cc1NC(=O)C1=NOC(c2ccccc2)C1. The van der Waals surface area contributed by atoms with Crippen molar-refractivity contribution in [1.29, 1.82) is 0 Å². The first-order chi connectivity index (χ1) is 14.9. The molecular formula is C22H27N3O5S. The summed E-state index contributed by atoms with van der Waals surface area (Å²) in [6.45, 7) is 6.43. The number of nitrogens with one attached hydrogen (secondary N) is 1. The number of ether oxygens (including phenoxy) is 1. The van der Waals surface area contributed by atoms with E-state index >= 15 is 0 Å². The fourth-order valence-corrected chi connectivity index (χ4v) is 4.80. The van der Waals surface area contributed by atoms with Gasteiger partial charge in [0.2, 0.25) is 10.0 Å². The molecule has 1 amide bonds. The Hall–Kier alpha value is -2.91. The maximum Gasteiger partial charge on any atom is 0.273 e. The zero-order chi connectivity index (χ0) is 22.4. The number of carbonyl (C=O) groups is 1. The Balaban J connectivity index is 1.82. The molecule has 8 nitrogen and oxygen atoms in total. The van der Waals surface area contributed by atoms with Gasteiger partial charge in [0.05, 0.1) is 17.2 Å². The molecule has 0 saturated heterocycles. The van der Waals surface area contributed by atoms with E-state index in [-0.39, 0.29) is 22.4 Å². The van der Waals surface area contributed by atoms with Gasteiger partial charge >= 0.3 is 0 Å². The third kappa shape index (κ3) is 5.05. The van der Waals surface area contributed by atoms with Crippen LogP contribution in [-0.4, -0.2) is 44.0 Å². The van der Waals surface area contributed by atoms with E-state index in [0.717, 1.165) is 5.56 Å². The molecular weight excluding hydrogens is 418 g/mol. The van der Waals surface area contributed by atoms with Gasteiger partial charge in [-0.2, -0.15) is 4.31 Å². The van der Waals surface area contributed by atoms with Crippen molar-refractivity contribution in [3.05, 3.63) is 54.1 Å². The standard InChI is InChI=1S/C22H27N3O5S/c1-4-25(5-2)31(27,28)17-12-13-20(29-6-3)18(14-17)23-22(26)19-15-21(30-24-19)16-10-8-7-9-11-16/h7-14,21H,4-6,15H2,1-3H3,(H,23,26). The number of benzene rings is 2. The van der Waals surface area contributed by atoms with Crippen LogP contribution in [0.3, 0.4) is 0 Å². The summed E-state index contributed by atoms with van der Waals surface area (Å²) in [5.74, 6) is -0.0785. The first-order valence-corrected chi connectivity index (χ1v) is 11.7. The Morgan fingerprint density at radius 2 is 1.87 bits per heavy atom. The molecule has 0 bridgehead atoms. The molecule has 0 aromatic heterocycles. The smallest absolute Gasteiger partial charge is 0.273 e. The van der Waals surface area contributed by atoms with E-state index in [0.29, 0.717) is 31.9 Å². The molecule has 166 valence electrons. The van der Waals surface area contributed by atoms with Crippen LogP contribution in [0.4, 0.5) is 5.69 Å². The Morgan fingerprint density at radius 1 is 1.16 bits per heavy atom. The highest BCUT2D eigenvalue weighted by atomic mass is 32.2. The molecule has 3 rings (SSSR count). The second kappa shape index (κ2) is 9.93. The number of carbonyl (C=O) groups excluding carboxylic acids is 1. The first kappa shape index (κ1) is 22.8. The van der Waals surface area contributed by atoms with Crippen molar-refractivity contribution >= 4 is 27.3 Å². The zero-order valence-electron chi connectivity index (χ0n) is 17.9. The Kier molecular flexibility index (Phi) is 7.29. The summed E-state index contributed by atoms with van der Waals surface area (Å²) in [7, 11) is -3.68. The average Bonchev–Trinajstić information content (AvgIpc) is 3.27. The molecule has 0 saturated carbocycles. The molecule has 2 aromatic carbocycles. The number of hydrogen-bond acceptors (Lipinski definition) is 6. The number of anilines is 1. The molecule has 1 aliphatic rings. The van der Waals surface area contributed by atoms with Gasteiger partial charge < -0.3 is 14.9 Å². The van der Waals surface area contributed by atoms with Crippen LogP contribution in [0.1, 0.15) is 38.9 Å². The van der Waals surface area contributed by atoms with E-state index in [1.807, 2.05) is 37.3 Å². The van der Waals surface area contributed by atoms with Crippen molar-refractivity contribution in [2.24, 2.45) is 5.16 Å². The van der Waals surface area contributed by atoms with E-state index in [2.05, 4.69) is 10.5 Å². The lowest BCUT2D eigenvalue weighted by atomic mass is 10.0. The molecule has 0 radical (unpaired) electrons. The third-order valence-corrected chi connectivity index (χ3v) is 6.99. The molecule has 1 heterocycles. The lowest BCUT2D eigenvalue weighted by Gasteiger charge is -2.20. The van der Waals surface area contributed by atoms with Gasteiger partial charge in [-0.05, 0) is 30.7 Å². The van der Waals surface area contributed by atoms with Crippen molar-refractivity contribution in [2.75, 3.05) is 25.0 Å². The molecule has 0 spiro atoms. The number of sulfonamides is 1. The highest BCUT2D eigenvalue weighted by molar-refractivity contribution is 7.89. The molecule has 0 fully saturated rings. The van der Waals surface area contributed by atoms with Gasteiger partial charge in [-0.25, -0.2) is 8.42 Å². The summed E-state index contributed by atoms with van der Waals surface area (Å²) in [6.07, 6.45) is -0.0141. The van der Waals surface area contributed by atoms with E-state index in [1.165, 1.54) is 16.4 Å². The summed E-state index contributed by atoms with van der Waals surface area (Å²) in [5.41, 5.74) is 1.43. The number of nitrogens with zero attached hydrogens (tertiary/aromatic N) is 2. The minimum absolute atomic E-state index is 0.0849. The van der Waals surface area contributed by atoms with Gasteiger partial charge in [0.15, 0.2) is 6.10 Å². The summed E-state index contributed by atoms with van der Waals surface area (Å²) < 4.78 is 32.7. The first-order valence-electron chi connectivity index (χ1n) is 10.3. The normalized spacial score (nSPS) is 16.0. The van der Waals surface area contributed by atoms with Crippen LogP contribution in [0.25, 0.3) is 0 Å². The van der Waals surface area contributed by atoms with E-state index in [1.54, 1.807) is 19.9 Å². The van der Waals surface area contributed by atoms with Gasteiger partial charge in [0.25, 0.3) is 5.91 Å². The fourth-order valence-electron chi connectivity index (χ4n) is 3.31. The van der Waals surface area contributed by atoms with Crippen LogP contribution in [-0.2, 0) is 19.7 Å². The highest BCUT2D eigenvalue weighted by Crippen LogP contribution is 2.31. The van der Waals surface area contributed by atoms with Crippen LogP contribution in [0.5, 0.6) is 5.75 Å². The topological polar surface area (TPSA) is 97.3 Å². The molecule has 31 heavy (non-hydrogen) atoms. The number of oxime groups is 1. The van der Waals surface area contributed by atoms with E-state index < -0.39 is 15.9 Å². The largest absolute Gasteiger partial charge is 0.492 e. The molecule has 0 aliphatic carbocycles. The van der Waals surface area contributed by atoms with Crippen LogP contribution in [0.15, 0.2) is 58.6 Å². The average molecular weight is 446 g/mol. The molecule has 1 atom stereocenters. The number of rotatable bonds is 9. The molecule has 2 aromatic rings. The van der Waals surface area contributed by atoms with Crippen molar-refractivity contribution in [1.82, 2.24) is 4.31 Å². The summed E-state index contributed by atoms with van der Waals surface area (Å²) in [4.78, 5) is 18.3. The van der Waals surface area contributed by atoms with Crippen LogP contribution >= 0.6 is 0 Å². The Labute approximate surface area is 182 Å². The van der Waals surface area contributed by atoms with Crippen molar-refractivity contribution in [2.45, 2.75) is 38.2 Å². The molecule has 1 unspecified atom stereocenters. The Bertz CT molecular complexity index is 1050. The van der Waals surface area contributed by atoms with Crippen molar-refractivity contribution in [3.63, 3.8) is 0 Å². The fraction of sp³-hybridized carbons (Fsp3) is 0.364. The second-order valence-electron chi connectivity index (χ2n) is 6.88. The summed E-state index contributed by atoms with van der Waals surface area (Å²) in [5, 5.41) is 6.67. The molecule has 9 heteroatoms. The zero-order valence-corrected chi connectivity index (χ0v) is 18.7. The number of hydrogen-bond donors (Lipinski definition) is 1. The van der Waals surface area contributed by atoms with Gasteiger partial charge in [-0.3, -0.25) is 4.79 Å². The van der Waals surface area contributed by atoms with Gasteiger partial charge in [0.1, 0.15) is 11.5 Å². The predicted octanol–water partition coefficient (Wildman–Crippen LogP) is 3.57. The van der Waals surface area contributed by atoms with E-state index in [4.69, 9.17) is 9.57 Å². The maximum absolute atomic E-state index is 12.9. The predicted molar refractivity (Wildman–Crippen MR) is 119 cm³/mol. The van der Waals surface area contributed by atoms with Gasteiger partial charge in [0, 0.05) is 19.5 Å². The van der Waals surface area contributed by atoms with E-state index in [9.17, 15) is 13.2 Å². The summed E-state index contributed by atoms with van der Waals surface area (Å²) >= 11 is 0. The minimum atomic E-state index is -3.68.